The largest absolute Gasteiger partial charge is 1.00 e. The third kappa shape index (κ3) is 5.86. The monoisotopic (exact) mass is 312 g/mol. The second-order valence-electron chi connectivity index (χ2n) is 3.74. The number of rotatable bonds is 7. The maximum atomic E-state index is 10.7. The predicted molar refractivity (Wildman–Crippen MR) is 71.3 cm³/mol. The van der Waals surface area contributed by atoms with Gasteiger partial charge in [0.2, 0.25) is 0 Å². The van der Waals surface area contributed by atoms with Gasteiger partial charge in [-0.05, 0) is 19.1 Å². The molecule has 108 valence electrons. The Morgan fingerprint density at radius 3 is 2.55 bits per heavy atom. The summed E-state index contributed by atoms with van der Waals surface area (Å²) in [6, 6.07) is 4.70. The van der Waals surface area contributed by atoms with Crippen molar-refractivity contribution in [3.63, 3.8) is 0 Å². The number of methoxy groups -OCH3 is 1. The molecule has 1 aromatic rings. The predicted octanol–water partition coefficient (Wildman–Crippen LogP) is -2.61. The van der Waals surface area contributed by atoms with Crippen LogP contribution in [0.1, 0.15) is 6.92 Å². The molecular weight excluding hydrogens is 295 g/mol. The summed E-state index contributed by atoms with van der Waals surface area (Å²) in [5, 5.41) is 8.96. The van der Waals surface area contributed by atoms with E-state index in [9.17, 15) is 13.0 Å². The minimum absolute atomic E-state index is 0. The Hall–Kier alpha value is -0.510. The summed E-state index contributed by atoms with van der Waals surface area (Å²) in [5.41, 5.74) is 0.851. The molecule has 0 spiro atoms. The van der Waals surface area contributed by atoms with Gasteiger partial charge >= 0.3 is 29.6 Å². The molecule has 0 bridgehead atoms. The van der Waals surface area contributed by atoms with Crippen LogP contribution in [0, 0.1) is 0 Å². The Morgan fingerprint density at radius 2 is 2.10 bits per heavy atom. The molecule has 1 aromatic carbocycles. The number of likely N-dealkylation sites (N-methyl/N-ethyl adjacent to an activating group) is 1. The average molecular weight is 312 g/mol. The van der Waals surface area contributed by atoms with E-state index in [1.165, 1.54) is 13.2 Å². The van der Waals surface area contributed by atoms with Gasteiger partial charge in [0.25, 0.3) is 0 Å². The zero-order chi connectivity index (χ0) is 14.5. The van der Waals surface area contributed by atoms with E-state index in [0.29, 0.717) is 13.1 Å². The summed E-state index contributed by atoms with van der Waals surface area (Å²) < 4.78 is 38.9. The van der Waals surface area contributed by atoms with Crippen LogP contribution in [0.2, 0.25) is 0 Å². The molecule has 0 fully saturated rings. The van der Waals surface area contributed by atoms with E-state index in [-0.39, 0.29) is 47.6 Å². The van der Waals surface area contributed by atoms with E-state index in [0.717, 1.165) is 5.69 Å². The molecule has 1 rings (SSSR count). The Balaban J connectivity index is 0.00000361. The summed E-state index contributed by atoms with van der Waals surface area (Å²) in [4.78, 5) is 1.89. The molecule has 0 aliphatic carbocycles. The minimum Gasteiger partial charge on any atom is -0.731 e. The first-order valence-corrected chi connectivity index (χ1v) is 7.09. The number of nitrogens with zero attached hydrogens (tertiary/aromatic N) is 1. The van der Waals surface area contributed by atoms with Gasteiger partial charge in [-0.3, -0.25) is 4.72 Å². The van der Waals surface area contributed by atoms with E-state index in [2.05, 4.69) is 0 Å². The molecule has 0 heterocycles. The van der Waals surface area contributed by atoms with Gasteiger partial charge in [-0.15, -0.1) is 0 Å². The number of nitrogens with one attached hydrogen (secondary N) is 1. The van der Waals surface area contributed by atoms with Gasteiger partial charge in [-0.25, -0.2) is 8.42 Å². The average Bonchev–Trinajstić information content (AvgIpc) is 2.35. The van der Waals surface area contributed by atoms with Gasteiger partial charge in [-0.2, -0.15) is 0 Å². The normalized spacial score (nSPS) is 10.6. The van der Waals surface area contributed by atoms with E-state index in [1.54, 1.807) is 12.1 Å². The second kappa shape index (κ2) is 8.71. The molecule has 2 N–H and O–H groups in total. The van der Waals surface area contributed by atoms with Crippen molar-refractivity contribution in [2.24, 2.45) is 0 Å². The van der Waals surface area contributed by atoms with Crippen LogP contribution in [0.4, 0.5) is 11.4 Å². The number of hydrogen-bond donors (Lipinski definition) is 2. The fourth-order valence-corrected chi connectivity index (χ4v) is 2.12. The van der Waals surface area contributed by atoms with Crippen molar-refractivity contribution < 1.29 is 52.4 Å². The number of benzene rings is 1. The Labute approximate surface area is 141 Å². The molecule has 0 radical (unpaired) electrons. The van der Waals surface area contributed by atoms with Crippen molar-refractivity contribution in [3.05, 3.63) is 18.2 Å². The van der Waals surface area contributed by atoms with E-state index < -0.39 is 10.3 Å². The maximum Gasteiger partial charge on any atom is 1.00 e. The van der Waals surface area contributed by atoms with Crippen LogP contribution in [0.3, 0.4) is 0 Å². The van der Waals surface area contributed by atoms with Crippen LogP contribution in [0.25, 0.3) is 0 Å². The number of hydrogen-bond acceptors (Lipinski definition) is 6. The molecule has 0 unspecified atom stereocenters. The number of aliphatic hydroxyl groups excluding tert-OH is 1. The smallest absolute Gasteiger partial charge is 0.731 e. The fraction of sp³-hybridized carbons (Fsp3) is 0.455. The Morgan fingerprint density at radius 1 is 1.45 bits per heavy atom. The summed E-state index contributed by atoms with van der Waals surface area (Å²) in [6.07, 6.45) is 0. The second-order valence-corrected chi connectivity index (χ2v) is 4.86. The molecule has 20 heavy (non-hydrogen) atoms. The maximum absolute atomic E-state index is 10.7. The van der Waals surface area contributed by atoms with Crippen LogP contribution in [0.5, 0.6) is 5.75 Å². The molecule has 7 nitrogen and oxygen atoms in total. The zero-order valence-electron chi connectivity index (χ0n) is 11.8. The number of aliphatic hydroxyl groups is 1. The first-order valence-electron chi connectivity index (χ1n) is 5.68. The summed E-state index contributed by atoms with van der Waals surface area (Å²) in [7, 11) is -3.21. The van der Waals surface area contributed by atoms with Crippen LogP contribution < -0.4 is 43.9 Å². The molecule has 9 heteroatoms. The molecular formula is C11H17N2NaO5S. The van der Waals surface area contributed by atoms with Crippen molar-refractivity contribution in [1.29, 1.82) is 0 Å². The van der Waals surface area contributed by atoms with Crippen molar-refractivity contribution in [2.75, 3.05) is 36.4 Å². The number of anilines is 2. The van der Waals surface area contributed by atoms with E-state index in [4.69, 9.17) is 9.84 Å². The zero-order valence-corrected chi connectivity index (χ0v) is 14.6. The van der Waals surface area contributed by atoms with Gasteiger partial charge in [0.1, 0.15) is 5.75 Å². The number of ether oxygens (including phenoxy) is 1. The quantitative estimate of drug-likeness (QED) is 0.422. The van der Waals surface area contributed by atoms with Crippen LogP contribution in [-0.4, -0.2) is 44.9 Å². The van der Waals surface area contributed by atoms with Crippen molar-refractivity contribution >= 4 is 21.7 Å². The molecule has 0 amide bonds. The third-order valence-corrected chi connectivity index (χ3v) is 3.01. The molecule has 0 saturated heterocycles. The van der Waals surface area contributed by atoms with Gasteiger partial charge in [0.05, 0.1) is 19.4 Å². The Kier molecular flexibility index (Phi) is 8.48. The van der Waals surface area contributed by atoms with E-state index >= 15 is 0 Å². The molecule has 0 atom stereocenters. The van der Waals surface area contributed by atoms with Crippen molar-refractivity contribution in [1.82, 2.24) is 0 Å². The van der Waals surface area contributed by atoms with Gasteiger partial charge in [0.15, 0.2) is 10.3 Å². The van der Waals surface area contributed by atoms with Crippen molar-refractivity contribution in [2.45, 2.75) is 6.92 Å². The van der Waals surface area contributed by atoms with Gasteiger partial charge < -0.3 is 19.3 Å². The standard InChI is InChI=1S/C11H18N2O5S.Na/c1-3-13(6-7-14)9-4-5-10(11(8-9)18-2)12-19(15,16)17;/h4-5,8,12,14H,3,6-7H2,1-2H3,(H,15,16,17);/q;+1/p-1. The van der Waals surface area contributed by atoms with Crippen LogP contribution in [0.15, 0.2) is 18.2 Å². The SMILES string of the molecule is CCN(CCO)c1ccc(NS(=O)(=O)[O-])c(OC)c1.[Na+]. The molecule has 0 aliphatic heterocycles. The minimum atomic E-state index is -4.59. The van der Waals surface area contributed by atoms with Crippen LogP contribution in [-0.2, 0) is 10.3 Å². The van der Waals surface area contributed by atoms with Crippen molar-refractivity contribution in [3.8, 4) is 5.75 Å². The summed E-state index contributed by atoms with van der Waals surface area (Å²) >= 11 is 0. The van der Waals surface area contributed by atoms with E-state index in [1.807, 2.05) is 16.5 Å². The fourth-order valence-electron chi connectivity index (χ4n) is 1.69. The third-order valence-electron chi connectivity index (χ3n) is 2.54. The first kappa shape index (κ1) is 19.5. The van der Waals surface area contributed by atoms with Gasteiger partial charge in [-0.1, -0.05) is 0 Å². The molecule has 0 aromatic heterocycles. The topological polar surface area (TPSA) is 102 Å². The molecule has 0 aliphatic rings. The Bertz CT molecular complexity index is 524. The molecule has 0 saturated carbocycles. The summed E-state index contributed by atoms with van der Waals surface area (Å²) in [6.45, 7) is 3.06. The first-order chi connectivity index (χ1) is 8.91. The summed E-state index contributed by atoms with van der Waals surface area (Å²) in [5.74, 6) is 0.244. The van der Waals surface area contributed by atoms with Gasteiger partial charge in [0, 0.05) is 24.8 Å². The van der Waals surface area contributed by atoms with Crippen LogP contribution >= 0.6 is 0 Å².